The van der Waals surface area contributed by atoms with E-state index in [0.29, 0.717) is 0 Å². The Hall–Kier alpha value is -1.02. The Morgan fingerprint density at radius 2 is 2.21 bits per heavy atom. The minimum Gasteiger partial charge on any atom is -0.493 e. The summed E-state index contributed by atoms with van der Waals surface area (Å²) >= 11 is 0. The third-order valence-corrected chi connectivity index (χ3v) is 4.97. The molecule has 19 heavy (non-hydrogen) atoms. The molecule has 0 aromatic heterocycles. The molecule has 0 spiro atoms. The highest BCUT2D eigenvalue weighted by molar-refractivity contribution is 5.41. The van der Waals surface area contributed by atoms with E-state index in [9.17, 15) is 5.11 Å². The summed E-state index contributed by atoms with van der Waals surface area (Å²) in [4.78, 5) is 0. The quantitative estimate of drug-likeness (QED) is 0.820. The fourth-order valence-corrected chi connectivity index (χ4v) is 3.57. The maximum atomic E-state index is 11.0. The van der Waals surface area contributed by atoms with E-state index in [-0.39, 0.29) is 0 Å². The van der Waals surface area contributed by atoms with E-state index in [0.717, 1.165) is 55.9 Å². The first-order chi connectivity index (χ1) is 9.21. The number of benzene rings is 1. The van der Waals surface area contributed by atoms with Crippen molar-refractivity contribution in [2.75, 3.05) is 6.61 Å². The van der Waals surface area contributed by atoms with Crippen LogP contribution in [0.15, 0.2) is 18.2 Å². The predicted octanol–water partition coefficient (Wildman–Crippen LogP) is 3.80. The fourth-order valence-electron chi connectivity index (χ4n) is 3.57. The van der Waals surface area contributed by atoms with Crippen molar-refractivity contribution in [3.05, 3.63) is 29.3 Å². The molecule has 2 nitrogen and oxygen atoms in total. The van der Waals surface area contributed by atoms with Crippen LogP contribution in [0.2, 0.25) is 0 Å². The summed E-state index contributed by atoms with van der Waals surface area (Å²) in [6, 6.07) is 6.28. The molecule has 1 aliphatic heterocycles. The van der Waals surface area contributed by atoms with E-state index in [4.69, 9.17) is 4.74 Å². The van der Waals surface area contributed by atoms with Crippen molar-refractivity contribution in [2.45, 2.75) is 57.5 Å². The molecule has 1 aliphatic carbocycles. The molecule has 1 aromatic carbocycles. The summed E-state index contributed by atoms with van der Waals surface area (Å²) in [6.07, 6.45) is 7.61. The SMILES string of the molecule is CCC1CCCC(O)(c2ccc3c(c2)CCO3)CC1. The molecular weight excluding hydrogens is 236 g/mol. The summed E-state index contributed by atoms with van der Waals surface area (Å²) in [6.45, 7) is 3.05. The summed E-state index contributed by atoms with van der Waals surface area (Å²) in [5.74, 6) is 1.80. The molecule has 1 heterocycles. The van der Waals surface area contributed by atoms with E-state index in [1.165, 1.54) is 18.4 Å². The van der Waals surface area contributed by atoms with Gasteiger partial charge in [0.2, 0.25) is 0 Å². The average molecular weight is 260 g/mol. The zero-order valence-corrected chi connectivity index (χ0v) is 11.8. The molecule has 0 amide bonds. The molecule has 1 N–H and O–H groups in total. The summed E-state index contributed by atoms with van der Waals surface area (Å²) < 4.78 is 5.55. The number of rotatable bonds is 2. The monoisotopic (exact) mass is 260 g/mol. The van der Waals surface area contributed by atoms with Gasteiger partial charge >= 0.3 is 0 Å². The first-order valence-electron chi connectivity index (χ1n) is 7.70. The largest absolute Gasteiger partial charge is 0.493 e. The lowest BCUT2D eigenvalue weighted by Gasteiger charge is -2.28. The van der Waals surface area contributed by atoms with Gasteiger partial charge in [0.15, 0.2) is 0 Å². The van der Waals surface area contributed by atoms with Crippen molar-refractivity contribution in [3.63, 3.8) is 0 Å². The molecule has 104 valence electrons. The van der Waals surface area contributed by atoms with Crippen LogP contribution < -0.4 is 4.74 Å². The molecule has 0 bridgehead atoms. The van der Waals surface area contributed by atoms with Gasteiger partial charge in [-0.1, -0.05) is 25.8 Å². The number of aliphatic hydroxyl groups is 1. The van der Waals surface area contributed by atoms with Crippen LogP contribution in [0.4, 0.5) is 0 Å². The van der Waals surface area contributed by atoms with Crippen LogP contribution in [0, 0.1) is 5.92 Å². The second-order valence-electron chi connectivity index (χ2n) is 6.16. The van der Waals surface area contributed by atoms with Crippen molar-refractivity contribution in [3.8, 4) is 5.75 Å². The minimum atomic E-state index is -0.610. The molecule has 1 aromatic rings. The fraction of sp³-hybridized carbons (Fsp3) is 0.647. The Kier molecular flexibility index (Phi) is 3.53. The van der Waals surface area contributed by atoms with Crippen molar-refractivity contribution in [1.29, 1.82) is 0 Å². The van der Waals surface area contributed by atoms with Gasteiger partial charge in [-0.3, -0.25) is 0 Å². The van der Waals surface area contributed by atoms with Gasteiger partial charge in [-0.05, 0) is 54.9 Å². The van der Waals surface area contributed by atoms with E-state index >= 15 is 0 Å². The standard InChI is InChI=1S/C17H24O2/c1-2-13-4-3-9-17(18,10-7-13)15-5-6-16-14(12-15)8-11-19-16/h5-6,12-13,18H,2-4,7-11H2,1H3. The number of ether oxygens (including phenoxy) is 1. The molecule has 2 atom stereocenters. The molecule has 2 unspecified atom stereocenters. The Labute approximate surface area is 115 Å². The zero-order chi connectivity index (χ0) is 13.3. The van der Waals surface area contributed by atoms with Gasteiger partial charge in [0.25, 0.3) is 0 Å². The lowest BCUT2D eigenvalue weighted by Crippen LogP contribution is -2.24. The van der Waals surface area contributed by atoms with Gasteiger partial charge < -0.3 is 9.84 Å². The van der Waals surface area contributed by atoms with E-state index in [2.05, 4.69) is 19.1 Å². The van der Waals surface area contributed by atoms with Gasteiger partial charge in [0.1, 0.15) is 5.75 Å². The third-order valence-electron chi connectivity index (χ3n) is 4.97. The number of fused-ring (bicyclic) bond motifs is 1. The minimum absolute atomic E-state index is 0.610. The molecule has 0 saturated heterocycles. The van der Waals surface area contributed by atoms with Crippen LogP contribution in [-0.4, -0.2) is 11.7 Å². The predicted molar refractivity (Wildman–Crippen MR) is 76.4 cm³/mol. The summed E-state index contributed by atoms with van der Waals surface area (Å²) in [5.41, 5.74) is 1.76. The Morgan fingerprint density at radius 1 is 1.32 bits per heavy atom. The highest BCUT2D eigenvalue weighted by Gasteiger charge is 2.33. The summed E-state index contributed by atoms with van der Waals surface area (Å²) in [7, 11) is 0. The zero-order valence-electron chi connectivity index (χ0n) is 11.8. The van der Waals surface area contributed by atoms with Crippen molar-refractivity contribution < 1.29 is 9.84 Å². The van der Waals surface area contributed by atoms with Crippen LogP contribution >= 0.6 is 0 Å². The molecule has 2 heteroatoms. The van der Waals surface area contributed by atoms with Gasteiger partial charge in [-0.15, -0.1) is 0 Å². The van der Waals surface area contributed by atoms with Crippen molar-refractivity contribution >= 4 is 0 Å². The van der Waals surface area contributed by atoms with Gasteiger partial charge in [-0.2, -0.15) is 0 Å². The van der Waals surface area contributed by atoms with Crippen molar-refractivity contribution in [2.24, 2.45) is 5.92 Å². The number of hydrogen-bond donors (Lipinski definition) is 1. The molecular formula is C17H24O2. The lowest BCUT2D eigenvalue weighted by molar-refractivity contribution is 0.0195. The maximum Gasteiger partial charge on any atom is 0.122 e. The topological polar surface area (TPSA) is 29.5 Å². The lowest BCUT2D eigenvalue weighted by atomic mass is 9.85. The van der Waals surface area contributed by atoms with E-state index < -0.39 is 5.60 Å². The van der Waals surface area contributed by atoms with Crippen LogP contribution in [0.5, 0.6) is 5.75 Å². The average Bonchev–Trinajstić information content (AvgIpc) is 2.81. The Balaban J connectivity index is 1.83. The van der Waals surface area contributed by atoms with Crippen LogP contribution in [0.1, 0.15) is 56.6 Å². The molecule has 0 radical (unpaired) electrons. The third kappa shape index (κ3) is 2.51. The maximum absolute atomic E-state index is 11.0. The number of hydrogen-bond acceptors (Lipinski definition) is 2. The van der Waals surface area contributed by atoms with Crippen molar-refractivity contribution in [1.82, 2.24) is 0 Å². The van der Waals surface area contributed by atoms with Gasteiger partial charge in [0.05, 0.1) is 12.2 Å². The Morgan fingerprint density at radius 3 is 3.05 bits per heavy atom. The van der Waals surface area contributed by atoms with Gasteiger partial charge in [0, 0.05) is 6.42 Å². The molecule has 1 fully saturated rings. The first-order valence-corrected chi connectivity index (χ1v) is 7.70. The molecule has 1 saturated carbocycles. The second kappa shape index (κ2) is 5.16. The molecule has 2 aliphatic rings. The highest BCUT2D eigenvalue weighted by Crippen LogP contribution is 2.40. The van der Waals surface area contributed by atoms with E-state index in [1.54, 1.807) is 0 Å². The van der Waals surface area contributed by atoms with Gasteiger partial charge in [-0.25, -0.2) is 0 Å². The van der Waals surface area contributed by atoms with Crippen LogP contribution in [0.25, 0.3) is 0 Å². The first kappa shape index (κ1) is 13.0. The highest BCUT2D eigenvalue weighted by atomic mass is 16.5. The van der Waals surface area contributed by atoms with E-state index in [1.807, 2.05) is 6.07 Å². The van der Waals surface area contributed by atoms with Crippen LogP contribution in [0.3, 0.4) is 0 Å². The smallest absolute Gasteiger partial charge is 0.122 e. The summed E-state index contributed by atoms with van der Waals surface area (Å²) in [5, 5.41) is 11.0. The Bertz CT molecular complexity index is 455. The second-order valence-corrected chi connectivity index (χ2v) is 6.16. The normalized spacial score (nSPS) is 30.5. The van der Waals surface area contributed by atoms with Crippen LogP contribution in [-0.2, 0) is 12.0 Å². The molecule has 3 rings (SSSR count).